The Bertz CT molecular complexity index is 634. The highest BCUT2D eigenvalue weighted by atomic mass is 15.3. The van der Waals surface area contributed by atoms with Crippen molar-refractivity contribution < 1.29 is 0 Å². The zero-order valence-corrected chi connectivity index (χ0v) is 12.1. The van der Waals surface area contributed by atoms with Crippen LogP contribution in [0.1, 0.15) is 37.6 Å². The molecule has 1 aromatic carbocycles. The molecule has 1 atom stereocenters. The van der Waals surface area contributed by atoms with Gasteiger partial charge in [0.1, 0.15) is 11.6 Å². The molecule has 1 aliphatic rings. The molecule has 3 N–H and O–H groups in total. The lowest BCUT2D eigenvalue weighted by atomic mass is 10.1. The van der Waals surface area contributed by atoms with Crippen LogP contribution in [0.5, 0.6) is 0 Å². The summed E-state index contributed by atoms with van der Waals surface area (Å²) in [6, 6.07) is 10.2. The van der Waals surface area contributed by atoms with Crippen LogP contribution in [-0.4, -0.2) is 9.97 Å². The topological polar surface area (TPSA) is 63.8 Å². The van der Waals surface area contributed by atoms with E-state index in [2.05, 4.69) is 36.4 Å². The molecule has 4 nitrogen and oxygen atoms in total. The second kappa shape index (κ2) is 4.56. The molecule has 1 saturated carbocycles. The van der Waals surface area contributed by atoms with E-state index in [1.807, 2.05) is 25.1 Å². The van der Waals surface area contributed by atoms with Crippen LogP contribution in [-0.2, 0) is 0 Å². The summed E-state index contributed by atoms with van der Waals surface area (Å²) in [7, 11) is 0. The minimum Gasteiger partial charge on any atom is -0.308 e. The predicted molar refractivity (Wildman–Crippen MR) is 81.2 cm³/mol. The van der Waals surface area contributed by atoms with E-state index in [1.54, 1.807) is 0 Å². The molecule has 0 bridgehead atoms. The normalized spacial score (nSPS) is 19.7. The van der Waals surface area contributed by atoms with Crippen LogP contribution in [0, 0.1) is 12.3 Å². The van der Waals surface area contributed by atoms with E-state index >= 15 is 0 Å². The number of nitrogens with zero attached hydrogens (tertiary/aromatic N) is 2. The predicted octanol–water partition coefficient (Wildman–Crippen LogP) is 3.25. The molecule has 1 aliphatic carbocycles. The first-order valence-corrected chi connectivity index (χ1v) is 6.93. The van der Waals surface area contributed by atoms with Gasteiger partial charge in [0.2, 0.25) is 0 Å². The van der Waals surface area contributed by atoms with Gasteiger partial charge in [0.05, 0.1) is 5.69 Å². The van der Waals surface area contributed by atoms with Gasteiger partial charge in [-0.2, -0.15) is 0 Å². The van der Waals surface area contributed by atoms with Gasteiger partial charge in [-0.3, -0.25) is 0 Å². The van der Waals surface area contributed by atoms with Crippen molar-refractivity contribution in [1.29, 1.82) is 0 Å². The second-order valence-electron chi connectivity index (χ2n) is 6.16. The molecule has 0 saturated heterocycles. The van der Waals surface area contributed by atoms with E-state index in [4.69, 9.17) is 10.8 Å². The highest BCUT2D eigenvalue weighted by Crippen LogP contribution is 2.57. The van der Waals surface area contributed by atoms with Gasteiger partial charge in [-0.25, -0.2) is 15.8 Å². The Morgan fingerprint density at radius 3 is 2.40 bits per heavy atom. The number of hydrazine groups is 1. The summed E-state index contributed by atoms with van der Waals surface area (Å²) < 4.78 is 0. The Morgan fingerprint density at radius 1 is 1.20 bits per heavy atom. The molecular weight excluding hydrogens is 248 g/mol. The lowest BCUT2D eigenvalue weighted by Gasteiger charge is -2.13. The van der Waals surface area contributed by atoms with Gasteiger partial charge in [-0.05, 0) is 18.8 Å². The van der Waals surface area contributed by atoms with E-state index in [0.717, 1.165) is 34.9 Å². The van der Waals surface area contributed by atoms with Crippen LogP contribution in [0.2, 0.25) is 0 Å². The molecule has 1 heterocycles. The Balaban J connectivity index is 2.12. The molecule has 1 fully saturated rings. The van der Waals surface area contributed by atoms with Crippen LogP contribution in [0.15, 0.2) is 30.3 Å². The minimum atomic E-state index is 0.301. The number of nitrogens with one attached hydrogen (secondary N) is 1. The van der Waals surface area contributed by atoms with Gasteiger partial charge in [-0.1, -0.05) is 44.2 Å². The number of rotatable bonds is 3. The zero-order valence-electron chi connectivity index (χ0n) is 12.1. The number of anilines is 1. The van der Waals surface area contributed by atoms with Crippen molar-refractivity contribution in [2.75, 3.05) is 5.43 Å². The monoisotopic (exact) mass is 268 g/mol. The van der Waals surface area contributed by atoms with Crippen molar-refractivity contribution >= 4 is 5.82 Å². The maximum absolute atomic E-state index is 5.61. The maximum atomic E-state index is 5.61. The number of hydrogen-bond acceptors (Lipinski definition) is 4. The molecule has 0 amide bonds. The second-order valence-corrected chi connectivity index (χ2v) is 6.16. The van der Waals surface area contributed by atoms with E-state index < -0.39 is 0 Å². The molecule has 20 heavy (non-hydrogen) atoms. The van der Waals surface area contributed by atoms with Crippen LogP contribution in [0.3, 0.4) is 0 Å². The van der Waals surface area contributed by atoms with Gasteiger partial charge >= 0.3 is 0 Å². The summed E-state index contributed by atoms with van der Waals surface area (Å²) in [4.78, 5) is 9.39. The molecule has 0 spiro atoms. The van der Waals surface area contributed by atoms with Gasteiger partial charge in [0, 0.05) is 17.0 Å². The summed E-state index contributed by atoms with van der Waals surface area (Å²) in [5, 5.41) is 0. The van der Waals surface area contributed by atoms with Crippen molar-refractivity contribution in [1.82, 2.24) is 9.97 Å². The molecule has 2 aromatic rings. The molecule has 1 unspecified atom stereocenters. The Kier molecular flexibility index (Phi) is 2.98. The lowest BCUT2D eigenvalue weighted by molar-refractivity contribution is 0.608. The Morgan fingerprint density at radius 2 is 1.85 bits per heavy atom. The fourth-order valence-electron chi connectivity index (χ4n) is 2.62. The maximum Gasteiger partial charge on any atom is 0.147 e. The van der Waals surface area contributed by atoms with E-state index in [-0.39, 0.29) is 0 Å². The number of nitrogens with two attached hydrogens (primary N) is 1. The first kappa shape index (κ1) is 13.1. The summed E-state index contributed by atoms with van der Waals surface area (Å²) in [6.45, 7) is 6.50. The van der Waals surface area contributed by atoms with Crippen LogP contribution < -0.4 is 11.3 Å². The fraction of sp³-hybridized carbons (Fsp3) is 0.375. The van der Waals surface area contributed by atoms with E-state index in [9.17, 15) is 0 Å². The summed E-state index contributed by atoms with van der Waals surface area (Å²) in [5.74, 6) is 7.66. The number of aromatic nitrogens is 2. The Labute approximate surface area is 119 Å². The van der Waals surface area contributed by atoms with E-state index in [1.165, 1.54) is 0 Å². The van der Waals surface area contributed by atoms with Gasteiger partial charge in [-0.15, -0.1) is 0 Å². The number of hydrogen-bond donors (Lipinski definition) is 2. The highest BCUT2D eigenvalue weighted by molar-refractivity contribution is 5.68. The zero-order chi connectivity index (χ0) is 14.3. The largest absolute Gasteiger partial charge is 0.308 e. The number of benzene rings is 1. The number of nitrogen functional groups attached to an aromatic ring is 1. The van der Waals surface area contributed by atoms with Crippen molar-refractivity contribution in [3.05, 3.63) is 41.7 Å². The molecule has 104 valence electrons. The molecule has 0 aliphatic heterocycles. The SMILES string of the molecule is Cc1c(NN)nc(C2CC2(C)C)nc1-c1ccccc1. The third-order valence-electron chi connectivity index (χ3n) is 4.17. The first-order chi connectivity index (χ1) is 9.53. The molecule has 0 radical (unpaired) electrons. The smallest absolute Gasteiger partial charge is 0.147 e. The average Bonchev–Trinajstić information content (AvgIpc) is 3.09. The van der Waals surface area contributed by atoms with Crippen LogP contribution in [0.4, 0.5) is 5.82 Å². The first-order valence-electron chi connectivity index (χ1n) is 6.93. The minimum absolute atomic E-state index is 0.301. The molecule has 4 heteroatoms. The average molecular weight is 268 g/mol. The molecular formula is C16H20N4. The van der Waals surface area contributed by atoms with E-state index in [0.29, 0.717) is 11.3 Å². The van der Waals surface area contributed by atoms with Crippen molar-refractivity contribution in [3.63, 3.8) is 0 Å². The standard InChI is InChI=1S/C16H20N4/c1-10-13(11-7-5-4-6-8-11)18-15(19-14(10)20-17)12-9-16(12,2)3/h4-8,12H,9,17H2,1-3H3,(H,18,19,20). The fourth-order valence-corrected chi connectivity index (χ4v) is 2.62. The third kappa shape index (κ3) is 2.16. The van der Waals surface area contributed by atoms with Gasteiger partial charge in [0.15, 0.2) is 0 Å². The van der Waals surface area contributed by atoms with Crippen molar-refractivity contribution in [2.24, 2.45) is 11.3 Å². The highest BCUT2D eigenvalue weighted by Gasteiger charge is 2.48. The third-order valence-corrected chi connectivity index (χ3v) is 4.17. The lowest BCUT2D eigenvalue weighted by Crippen LogP contribution is -2.13. The summed E-state index contributed by atoms with van der Waals surface area (Å²) in [5.41, 5.74) is 6.06. The molecule has 1 aromatic heterocycles. The van der Waals surface area contributed by atoms with Crippen molar-refractivity contribution in [2.45, 2.75) is 33.1 Å². The van der Waals surface area contributed by atoms with Crippen molar-refractivity contribution in [3.8, 4) is 11.3 Å². The molecule has 3 rings (SSSR count). The summed E-state index contributed by atoms with van der Waals surface area (Å²) in [6.07, 6.45) is 1.13. The Hall–Kier alpha value is -1.94. The van der Waals surface area contributed by atoms with Gasteiger partial charge in [0.25, 0.3) is 0 Å². The van der Waals surface area contributed by atoms with Crippen LogP contribution >= 0.6 is 0 Å². The quantitative estimate of drug-likeness (QED) is 0.662. The van der Waals surface area contributed by atoms with Crippen LogP contribution in [0.25, 0.3) is 11.3 Å². The van der Waals surface area contributed by atoms with Gasteiger partial charge < -0.3 is 5.43 Å². The summed E-state index contributed by atoms with van der Waals surface area (Å²) >= 11 is 0.